The van der Waals surface area contributed by atoms with E-state index in [2.05, 4.69) is 34.5 Å². The van der Waals surface area contributed by atoms with Crippen LogP contribution >= 0.6 is 0 Å². The summed E-state index contributed by atoms with van der Waals surface area (Å²) in [6, 6.07) is 9.58. The Labute approximate surface area is 115 Å². The second-order valence-electron chi connectivity index (χ2n) is 5.65. The Morgan fingerprint density at radius 3 is 3.16 bits per heavy atom. The molecule has 2 aliphatic rings. The van der Waals surface area contributed by atoms with Crippen LogP contribution < -0.4 is 5.32 Å². The first-order valence-electron chi connectivity index (χ1n) is 7.46. The molecule has 3 nitrogen and oxygen atoms in total. The molecule has 1 N–H and O–H groups in total. The van der Waals surface area contributed by atoms with E-state index >= 15 is 0 Å². The van der Waals surface area contributed by atoms with Crippen LogP contribution in [-0.4, -0.2) is 44.3 Å². The highest BCUT2D eigenvalue weighted by molar-refractivity contribution is 5.32. The van der Waals surface area contributed by atoms with Crippen molar-refractivity contribution in [2.45, 2.75) is 31.4 Å². The van der Waals surface area contributed by atoms with Gasteiger partial charge < -0.3 is 10.1 Å². The minimum atomic E-state index is 0.341. The van der Waals surface area contributed by atoms with Gasteiger partial charge in [0.2, 0.25) is 0 Å². The zero-order valence-electron chi connectivity index (χ0n) is 11.8. The van der Waals surface area contributed by atoms with Crippen molar-refractivity contribution < 1.29 is 4.74 Å². The Balaban J connectivity index is 1.75. The predicted molar refractivity (Wildman–Crippen MR) is 77.4 cm³/mol. The first-order chi connectivity index (χ1) is 9.38. The van der Waals surface area contributed by atoms with Gasteiger partial charge in [-0.25, -0.2) is 0 Å². The van der Waals surface area contributed by atoms with E-state index in [0.717, 1.165) is 26.2 Å². The number of hydrogen-bond acceptors (Lipinski definition) is 3. The molecule has 1 aromatic rings. The van der Waals surface area contributed by atoms with Crippen LogP contribution in [0.2, 0.25) is 0 Å². The van der Waals surface area contributed by atoms with Gasteiger partial charge in [-0.05, 0) is 37.4 Å². The summed E-state index contributed by atoms with van der Waals surface area (Å²) in [5, 5.41) is 3.23. The molecule has 2 atom stereocenters. The number of morpholine rings is 1. The molecule has 2 unspecified atom stereocenters. The number of nitrogens with zero attached hydrogens (tertiary/aromatic N) is 1. The molecular formula is C16H24N2O. The topological polar surface area (TPSA) is 24.5 Å². The minimum Gasteiger partial charge on any atom is -0.374 e. The second kappa shape index (κ2) is 6.04. The van der Waals surface area contributed by atoms with Crippen molar-refractivity contribution in [2.75, 3.05) is 33.3 Å². The summed E-state index contributed by atoms with van der Waals surface area (Å²) in [6.07, 6.45) is 4.20. The van der Waals surface area contributed by atoms with Gasteiger partial charge in [-0.15, -0.1) is 0 Å². The lowest BCUT2D eigenvalue weighted by atomic mass is 9.86. The summed E-state index contributed by atoms with van der Waals surface area (Å²) in [5.41, 5.74) is 3.11. The first-order valence-corrected chi connectivity index (χ1v) is 7.46. The normalized spacial score (nSPS) is 28.1. The van der Waals surface area contributed by atoms with E-state index in [1.165, 1.54) is 19.3 Å². The van der Waals surface area contributed by atoms with Gasteiger partial charge in [0.05, 0.1) is 12.7 Å². The fourth-order valence-electron chi connectivity index (χ4n) is 3.48. The Hall–Kier alpha value is -0.900. The molecule has 0 aromatic heterocycles. The van der Waals surface area contributed by atoms with Gasteiger partial charge in [0, 0.05) is 25.7 Å². The maximum atomic E-state index is 5.82. The fourth-order valence-corrected chi connectivity index (χ4v) is 3.48. The van der Waals surface area contributed by atoms with Gasteiger partial charge in [0.1, 0.15) is 0 Å². The lowest BCUT2D eigenvalue weighted by Crippen LogP contribution is -2.48. The number of hydrogen-bond donors (Lipinski definition) is 1. The van der Waals surface area contributed by atoms with Crippen LogP contribution in [0, 0.1) is 0 Å². The van der Waals surface area contributed by atoms with Crippen molar-refractivity contribution in [3.63, 3.8) is 0 Å². The number of ether oxygens (including phenoxy) is 1. The molecule has 1 heterocycles. The monoisotopic (exact) mass is 260 g/mol. The van der Waals surface area contributed by atoms with Gasteiger partial charge >= 0.3 is 0 Å². The molecule has 3 rings (SSSR count). The number of nitrogens with one attached hydrogen (secondary N) is 1. The third-order valence-electron chi connectivity index (χ3n) is 4.38. The second-order valence-corrected chi connectivity index (χ2v) is 5.65. The van der Waals surface area contributed by atoms with Crippen molar-refractivity contribution in [3.8, 4) is 0 Å². The number of likely N-dealkylation sites (N-methyl/N-ethyl adjacent to an activating group) is 1. The highest BCUT2D eigenvalue weighted by Crippen LogP contribution is 2.34. The van der Waals surface area contributed by atoms with Gasteiger partial charge in [-0.2, -0.15) is 0 Å². The Morgan fingerprint density at radius 2 is 2.26 bits per heavy atom. The van der Waals surface area contributed by atoms with E-state index in [0.29, 0.717) is 12.1 Å². The Kier molecular flexibility index (Phi) is 4.16. The van der Waals surface area contributed by atoms with Crippen LogP contribution in [0.3, 0.4) is 0 Å². The summed E-state index contributed by atoms with van der Waals surface area (Å²) < 4.78 is 5.82. The molecule has 19 heavy (non-hydrogen) atoms. The molecule has 1 fully saturated rings. The summed E-state index contributed by atoms with van der Waals surface area (Å²) in [7, 11) is 2.00. The summed E-state index contributed by atoms with van der Waals surface area (Å²) in [5.74, 6) is 0. The fraction of sp³-hybridized carbons (Fsp3) is 0.625. The molecule has 0 bridgehead atoms. The zero-order chi connectivity index (χ0) is 13.1. The van der Waals surface area contributed by atoms with Crippen LogP contribution in [0.15, 0.2) is 24.3 Å². The van der Waals surface area contributed by atoms with Crippen LogP contribution in [0.5, 0.6) is 0 Å². The van der Waals surface area contributed by atoms with E-state index in [9.17, 15) is 0 Å². The maximum Gasteiger partial charge on any atom is 0.0826 e. The zero-order valence-corrected chi connectivity index (χ0v) is 11.8. The molecular weight excluding hydrogens is 236 g/mol. The lowest BCUT2D eigenvalue weighted by molar-refractivity contribution is -0.0441. The molecule has 104 valence electrons. The van der Waals surface area contributed by atoms with Crippen molar-refractivity contribution >= 4 is 0 Å². The molecule has 3 heteroatoms. The van der Waals surface area contributed by atoms with Crippen molar-refractivity contribution in [1.29, 1.82) is 0 Å². The summed E-state index contributed by atoms with van der Waals surface area (Å²) >= 11 is 0. The number of benzene rings is 1. The van der Waals surface area contributed by atoms with Crippen LogP contribution in [0.25, 0.3) is 0 Å². The Morgan fingerprint density at radius 1 is 1.37 bits per heavy atom. The predicted octanol–water partition coefficient (Wildman–Crippen LogP) is 1.98. The highest BCUT2D eigenvalue weighted by Gasteiger charge is 2.29. The molecule has 0 spiro atoms. The van der Waals surface area contributed by atoms with Gasteiger partial charge in [-0.1, -0.05) is 24.3 Å². The number of fused-ring (bicyclic) bond motifs is 1. The van der Waals surface area contributed by atoms with Crippen LogP contribution in [0.1, 0.15) is 30.0 Å². The molecule has 0 radical (unpaired) electrons. The smallest absolute Gasteiger partial charge is 0.0826 e. The van der Waals surface area contributed by atoms with E-state index < -0.39 is 0 Å². The summed E-state index contributed by atoms with van der Waals surface area (Å²) in [6.45, 7) is 3.94. The van der Waals surface area contributed by atoms with Gasteiger partial charge in [-0.3, -0.25) is 4.90 Å². The standard InChI is InChI=1S/C16H24N2O/c1-17-11-14-12-18(9-10-19-14)16-8-4-6-13-5-2-3-7-15(13)16/h2-3,5,7,14,16-17H,4,6,8-12H2,1H3. The van der Waals surface area contributed by atoms with E-state index in [1.807, 2.05) is 7.05 Å². The molecule has 1 aliphatic carbocycles. The van der Waals surface area contributed by atoms with E-state index in [4.69, 9.17) is 4.74 Å². The average molecular weight is 260 g/mol. The molecule has 1 aromatic carbocycles. The van der Waals surface area contributed by atoms with Gasteiger partial charge in [0.25, 0.3) is 0 Å². The minimum absolute atomic E-state index is 0.341. The molecule has 1 aliphatic heterocycles. The third kappa shape index (κ3) is 2.83. The largest absolute Gasteiger partial charge is 0.374 e. The highest BCUT2D eigenvalue weighted by atomic mass is 16.5. The van der Waals surface area contributed by atoms with Gasteiger partial charge in [0.15, 0.2) is 0 Å². The van der Waals surface area contributed by atoms with Crippen LogP contribution in [0.4, 0.5) is 0 Å². The maximum absolute atomic E-state index is 5.82. The van der Waals surface area contributed by atoms with Crippen molar-refractivity contribution in [1.82, 2.24) is 10.2 Å². The Bertz CT molecular complexity index is 419. The van der Waals surface area contributed by atoms with E-state index in [-0.39, 0.29) is 0 Å². The number of aryl methyl sites for hydroxylation is 1. The lowest BCUT2D eigenvalue weighted by Gasteiger charge is -2.40. The third-order valence-corrected chi connectivity index (χ3v) is 4.38. The SMILES string of the molecule is CNCC1CN(C2CCCc3ccccc32)CCO1. The quantitative estimate of drug-likeness (QED) is 0.899. The van der Waals surface area contributed by atoms with Crippen molar-refractivity contribution in [3.05, 3.63) is 35.4 Å². The average Bonchev–Trinajstić information content (AvgIpc) is 2.47. The first kappa shape index (κ1) is 13.1. The van der Waals surface area contributed by atoms with Crippen molar-refractivity contribution in [2.24, 2.45) is 0 Å². The molecule has 1 saturated heterocycles. The molecule has 0 amide bonds. The number of rotatable bonds is 3. The van der Waals surface area contributed by atoms with E-state index in [1.54, 1.807) is 11.1 Å². The summed E-state index contributed by atoms with van der Waals surface area (Å²) in [4.78, 5) is 2.63. The van der Waals surface area contributed by atoms with Crippen LogP contribution in [-0.2, 0) is 11.2 Å². The molecule has 0 saturated carbocycles.